The van der Waals surface area contributed by atoms with Crippen LogP contribution in [0.5, 0.6) is 5.75 Å². The average Bonchev–Trinajstić information content (AvgIpc) is 2.59. The van der Waals surface area contributed by atoms with Crippen molar-refractivity contribution in [3.05, 3.63) is 18.0 Å². The van der Waals surface area contributed by atoms with Gasteiger partial charge in [-0.2, -0.15) is 0 Å². The van der Waals surface area contributed by atoms with Crippen molar-refractivity contribution in [2.75, 3.05) is 13.2 Å². The lowest BCUT2D eigenvalue weighted by Crippen LogP contribution is -2.37. The predicted octanol–water partition coefficient (Wildman–Crippen LogP) is -0.164. The first-order chi connectivity index (χ1) is 5.72. The average molecular weight is 170 g/mol. The molecule has 1 aromatic rings. The summed E-state index contributed by atoms with van der Waals surface area (Å²) >= 11 is 0. The zero-order valence-electron chi connectivity index (χ0n) is 6.41. The Morgan fingerprint density at radius 1 is 1.42 bits per heavy atom. The first-order valence-electron chi connectivity index (χ1n) is 3.65. The highest BCUT2D eigenvalue weighted by molar-refractivity contribution is 5.32. The van der Waals surface area contributed by atoms with Gasteiger partial charge in [0.15, 0.2) is 0 Å². The van der Waals surface area contributed by atoms with E-state index in [4.69, 9.17) is 15.2 Å². The zero-order chi connectivity index (χ0) is 8.60. The van der Waals surface area contributed by atoms with Gasteiger partial charge in [0.25, 0.3) is 5.91 Å². The van der Waals surface area contributed by atoms with Crippen LogP contribution in [0.15, 0.2) is 12.4 Å². The van der Waals surface area contributed by atoms with Crippen LogP contribution < -0.4 is 5.73 Å². The van der Waals surface area contributed by atoms with E-state index in [1.54, 1.807) is 6.20 Å². The van der Waals surface area contributed by atoms with E-state index in [2.05, 4.69) is 4.98 Å². The van der Waals surface area contributed by atoms with Crippen LogP contribution in [-0.4, -0.2) is 23.3 Å². The second-order valence-corrected chi connectivity index (χ2v) is 2.62. The normalized spacial score (nSPS) is 21.4. The Morgan fingerprint density at radius 3 is 2.58 bits per heavy atom. The van der Waals surface area contributed by atoms with Crippen LogP contribution in [0.1, 0.15) is 5.56 Å². The van der Waals surface area contributed by atoms with Gasteiger partial charge >= 0.3 is 0 Å². The van der Waals surface area contributed by atoms with E-state index in [0.29, 0.717) is 18.8 Å². The Balaban J connectivity index is 2.34. The van der Waals surface area contributed by atoms with Gasteiger partial charge < -0.3 is 19.6 Å². The molecular formula is C7H10N2O3. The fourth-order valence-corrected chi connectivity index (χ4v) is 1.22. The Bertz CT molecular complexity index is 278. The minimum absolute atomic E-state index is 0.0550. The lowest BCUT2D eigenvalue weighted by molar-refractivity contribution is -0.161. The van der Waals surface area contributed by atoms with Crippen molar-refractivity contribution >= 4 is 0 Å². The number of ether oxygens (including phenoxy) is 2. The molecule has 0 spiro atoms. The van der Waals surface area contributed by atoms with E-state index in [9.17, 15) is 5.11 Å². The Hall–Kier alpha value is -1.04. The molecule has 12 heavy (non-hydrogen) atoms. The third-order valence-corrected chi connectivity index (χ3v) is 1.82. The number of nitrogens with one attached hydrogen (secondary N) is 1. The molecule has 1 aromatic heterocycles. The van der Waals surface area contributed by atoms with Crippen LogP contribution in [0.3, 0.4) is 0 Å². The fourth-order valence-electron chi connectivity index (χ4n) is 1.22. The van der Waals surface area contributed by atoms with Crippen molar-refractivity contribution in [2.24, 2.45) is 5.73 Å². The molecule has 2 heterocycles. The van der Waals surface area contributed by atoms with Gasteiger partial charge in [-0.3, -0.25) is 5.73 Å². The molecule has 0 radical (unpaired) electrons. The topological polar surface area (TPSA) is 80.5 Å². The standard InChI is InChI=1S/C7H10N2O3/c8-7(11-1-2-12-7)5-3-9-4-6(5)10/h3-4,9-10H,1-2,8H2. The molecule has 0 atom stereocenters. The van der Waals surface area contributed by atoms with Gasteiger partial charge in [-0.05, 0) is 0 Å². The number of aromatic amines is 1. The Labute approximate surface area is 69.1 Å². The summed E-state index contributed by atoms with van der Waals surface area (Å²) in [6.07, 6.45) is 2.98. The summed E-state index contributed by atoms with van der Waals surface area (Å²) in [6, 6.07) is 0. The molecular weight excluding hydrogens is 160 g/mol. The quantitative estimate of drug-likeness (QED) is 0.547. The van der Waals surface area contributed by atoms with Crippen LogP contribution in [-0.2, 0) is 15.4 Å². The van der Waals surface area contributed by atoms with Gasteiger partial charge in [0, 0.05) is 12.4 Å². The highest BCUT2D eigenvalue weighted by Crippen LogP contribution is 2.31. The molecule has 66 valence electrons. The van der Waals surface area contributed by atoms with Crippen molar-refractivity contribution in [1.82, 2.24) is 4.98 Å². The summed E-state index contributed by atoms with van der Waals surface area (Å²) < 4.78 is 10.3. The number of hydrogen-bond acceptors (Lipinski definition) is 4. The number of aromatic hydroxyl groups is 1. The summed E-state index contributed by atoms with van der Waals surface area (Å²) in [5, 5.41) is 9.30. The third-order valence-electron chi connectivity index (χ3n) is 1.82. The SMILES string of the molecule is NC1(c2c[nH]cc2O)OCCO1. The second kappa shape index (κ2) is 2.48. The van der Waals surface area contributed by atoms with Gasteiger partial charge in [0.05, 0.1) is 18.8 Å². The van der Waals surface area contributed by atoms with Gasteiger partial charge in [0.1, 0.15) is 5.75 Å². The molecule has 0 unspecified atom stereocenters. The zero-order valence-corrected chi connectivity index (χ0v) is 6.41. The Morgan fingerprint density at radius 2 is 2.08 bits per heavy atom. The molecule has 5 heteroatoms. The van der Waals surface area contributed by atoms with Crippen LogP contribution in [0, 0.1) is 0 Å². The van der Waals surface area contributed by atoms with Gasteiger partial charge in [-0.25, -0.2) is 0 Å². The molecule has 0 aliphatic carbocycles. The monoisotopic (exact) mass is 170 g/mol. The molecule has 1 aliphatic heterocycles. The van der Waals surface area contributed by atoms with Gasteiger partial charge in [-0.15, -0.1) is 0 Å². The molecule has 0 saturated carbocycles. The van der Waals surface area contributed by atoms with Crippen LogP contribution >= 0.6 is 0 Å². The van der Waals surface area contributed by atoms with Crippen molar-refractivity contribution in [2.45, 2.75) is 5.91 Å². The minimum Gasteiger partial charge on any atom is -0.506 e. The molecule has 0 aromatic carbocycles. The second-order valence-electron chi connectivity index (χ2n) is 2.62. The van der Waals surface area contributed by atoms with E-state index in [1.165, 1.54) is 6.20 Å². The number of H-pyrrole nitrogens is 1. The van der Waals surface area contributed by atoms with E-state index in [0.717, 1.165) is 0 Å². The lowest BCUT2D eigenvalue weighted by atomic mass is 10.2. The fraction of sp³-hybridized carbons (Fsp3) is 0.429. The summed E-state index contributed by atoms with van der Waals surface area (Å²) in [7, 11) is 0. The summed E-state index contributed by atoms with van der Waals surface area (Å²) in [5.74, 6) is -1.22. The molecule has 4 N–H and O–H groups in total. The highest BCUT2D eigenvalue weighted by atomic mass is 16.8. The lowest BCUT2D eigenvalue weighted by Gasteiger charge is -2.20. The smallest absolute Gasteiger partial charge is 0.258 e. The highest BCUT2D eigenvalue weighted by Gasteiger charge is 2.37. The maximum Gasteiger partial charge on any atom is 0.258 e. The molecule has 0 bridgehead atoms. The Kier molecular flexibility index (Phi) is 1.57. The number of hydrogen-bond donors (Lipinski definition) is 3. The third kappa shape index (κ3) is 0.989. The van der Waals surface area contributed by atoms with Crippen molar-refractivity contribution in [3.8, 4) is 5.75 Å². The van der Waals surface area contributed by atoms with Crippen LogP contribution in [0.25, 0.3) is 0 Å². The first-order valence-corrected chi connectivity index (χ1v) is 3.65. The van der Waals surface area contributed by atoms with Crippen LogP contribution in [0.4, 0.5) is 0 Å². The van der Waals surface area contributed by atoms with E-state index in [1.807, 2.05) is 0 Å². The predicted molar refractivity (Wildman–Crippen MR) is 40.2 cm³/mol. The van der Waals surface area contributed by atoms with E-state index >= 15 is 0 Å². The molecule has 2 rings (SSSR count). The van der Waals surface area contributed by atoms with Crippen molar-refractivity contribution in [3.63, 3.8) is 0 Å². The summed E-state index contributed by atoms with van der Waals surface area (Å²) in [6.45, 7) is 0.891. The largest absolute Gasteiger partial charge is 0.506 e. The molecule has 1 saturated heterocycles. The van der Waals surface area contributed by atoms with Gasteiger partial charge in [-0.1, -0.05) is 0 Å². The van der Waals surface area contributed by atoms with Crippen molar-refractivity contribution in [1.29, 1.82) is 0 Å². The van der Waals surface area contributed by atoms with Gasteiger partial charge in [0.2, 0.25) is 0 Å². The number of nitrogens with two attached hydrogens (primary N) is 1. The number of rotatable bonds is 1. The molecule has 1 aliphatic rings. The molecule has 5 nitrogen and oxygen atoms in total. The van der Waals surface area contributed by atoms with Crippen molar-refractivity contribution < 1.29 is 14.6 Å². The minimum atomic E-state index is -1.27. The van der Waals surface area contributed by atoms with Crippen LogP contribution in [0.2, 0.25) is 0 Å². The van der Waals surface area contributed by atoms with E-state index in [-0.39, 0.29) is 5.75 Å². The first kappa shape index (κ1) is 7.60. The van der Waals surface area contributed by atoms with E-state index < -0.39 is 5.91 Å². The molecule has 1 fully saturated rings. The summed E-state index contributed by atoms with van der Waals surface area (Å²) in [5.41, 5.74) is 6.13. The molecule has 0 amide bonds. The maximum absolute atomic E-state index is 9.30. The number of aromatic nitrogens is 1. The summed E-state index contributed by atoms with van der Waals surface area (Å²) in [4.78, 5) is 2.71. The maximum atomic E-state index is 9.30.